The molecule has 0 aliphatic carbocycles. The average molecular weight is 340 g/mol. The van der Waals surface area contributed by atoms with Crippen molar-refractivity contribution in [3.05, 3.63) is 39.9 Å². The lowest BCUT2D eigenvalue weighted by Crippen LogP contribution is -2.64. The molecule has 1 saturated heterocycles. The molecule has 1 fully saturated rings. The maximum absolute atomic E-state index is 11.3. The second kappa shape index (κ2) is 7.67. The molecular weight excluding hydrogens is 320 g/mol. The number of nitro groups is 1. The van der Waals surface area contributed by atoms with Crippen LogP contribution in [-0.2, 0) is 16.0 Å². The molecule has 4 N–H and O–H groups in total. The summed E-state index contributed by atoms with van der Waals surface area (Å²) in [7, 11) is 0. The number of aliphatic hydroxyl groups is 3. The molecule has 1 aromatic carbocycles. The number of aliphatic hydroxyl groups excluding tert-OH is 3. The molecule has 9 nitrogen and oxygen atoms in total. The smallest absolute Gasteiger partial charge is 0.269 e. The molecule has 1 heterocycles. The minimum Gasteiger partial charge on any atom is -0.394 e. The van der Waals surface area contributed by atoms with E-state index in [2.05, 4.69) is 5.32 Å². The number of non-ortho nitro benzene ring substituents is 1. The first kappa shape index (κ1) is 18.3. The summed E-state index contributed by atoms with van der Waals surface area (Å²) in [4.78, 5) is 21.5. The van der Waals surface area contributed by atoms with E-state index >= 15 is 0 Å². The lowest BCUT2D eigenvalue weighted by molar-refractivity contribution is -0.384. The molecule has 2 rings (SSSR count). The van der Waals surface area contributed by atoms with E-state index < -0.39 is 47.9 Å². The number of hydrogen-bond acceptors (Lipinski definition) is 7. The van der Waals surface area contributed by atoms with Gasteiger partial charge in [-0.05, 0) is 5.56 Å². The largest absolute Gasteiger partial charge is 0.394 e. The van der Waals surface area contributed by atoms with Gasteiger partial charge in [0.2, 0.25) is 5.91 Å². The molecule has 0 saturated carbocycles. The Hall–Kier alpha value is -2.07. The zero-order valence-electron chi connectivity index (χ0n) is 13.0. The summed E-state index contributed by atoms with van der Waals surface area (Å²) in [5.74, 6) is -0.397. The topological polar surface area (TPSA) is 142 Å². The van der Waals surface area contributed by atoms with Crippen LogP contribution >= 0.6 is 0 Å². The second-order valence-corrected chi connectivity index (χ2v) is 5.73. The molecule has 24 heavy (non-hydrogen) atoms. The standard InChI is InChI=1S/C15H20N2O7/c1-8(19)16-13-11(24-12(7-18)14(20)15(13)21)6-9-2-4-10(5-3-9)17(22)23/h2-5,11-15,18,20-21H,6-7H2,1H3,(H,16,19)/t11?,12?,13-,14?,15?/m1/s1. The van der Waals surface area contributed by atoms with E-state index in [0.29, 0.717) is 5.56 Å². The number of hydrogen-bond donors (Lipinski definition) is 4. The van der Waals surface area contributed by atoms with Crippen molar-refractivity contribution < 1.29 is 29.8 Å². The van der Waals surface area contributed by atoms with Crippen LogP contribution in [0, 0.1) is 10.1 Å². The summed E-state index contributed by atoms with van der Waals surface area (Å²) in [6.07, 6.45) is -4.08. The van der Waals surface area contributed by atoms with E-state index in [1.54, 1.807) is 12.1 Å². The quantitative estimate of drug-likeness (QED) is 0.403. The van der Waals surface area contributed by atoms with Gasteiger partial charge in [-0.15, -0.1) is 0 Å². The van der Waals surface area contributed by atoms with Crippen molar-refractivity contribution in [2.75, 3.05) is 6.61 Å². The number of carbonyl (C=O) groups is 1. The molecule has 132 valence electrons. The Kier molecular flexibility index (Phi) is 5.84. The van der Waals surface area contributed by atoms with Crippen LogP contribution in [0.5, 0.6) is 0 Å². The Morgan fingerprint density at radius 2 is 1.88 bits per heavy atom. The van der Waals surface area contributed by atoms with E-state index in [1.807, 2.05) is 0 Å². The van der Waals surface area contributed by atoms with Crippen molar-refractivity contribution >= 4 is 11.6 Å². The molecule has 5 atom stereocenters. The minimum atomic E-state index is -1.33. The Morgan fingerprint density at radius 1 is 1.25 bits per heavy atom. The lowest BCUT2D eigenvalue weighted by Gasteiger charge is -2.42. The monoisotopic (exact) mass is 340 g/mol. The molecule has 9 heteroatoms. The van der Waals surface area contributed by atoms with Crippen LogP contribution in [0.25, 0.3) is 0 Å². The zero-order chi connectivity index (χ0) is 17.9. The Labute approximate surface area is 138 Å². The third-order valence-electron chi connectivity index (χ3n) is 3.98. The van der Waals surface area contributed by atoms with Gasteiger partial charge in [0.15, 0.2) is 0 Å². The van der Waals surface area contributed by atoms with Crippen molar-refractivity contribution in [1.29, 1.82) is 0 Å². The number of ether oxygens (including phenoxy) is 1. The van der Waals surface area contributed by atoms with Crippen LogP contribution < -0.4 is 5.32 Å². The van der Waals surface area contributed by atoms with Crippen molar-refractivity contribution in [2.45, 2.75) is 43.8 Å². The van der Waals surface area contributed by atoms with E-state index in [4.69, 9.17) is 4.74 Å². The highest BCUT2D eigenvalue weighted by molar-refractivity contribution is 5.73. The highest BCUT2D eigenvalue weighted by atomic mass is 16.6. The molecule has 0 radical (unpaired) electrons. The fourth-order valence-electron chi connectivity index (χ4n) is 2.77. The van der Waals surface area contributed by atoms with Crippen molar-refractivity contribution in [3.8, 4) is 0 Å². The summed E-state index contributed by atoms with van der Waals surface area (Å²) < 4.78 is 5.60. The summed E-state index contributed by atoms with van der Waals surface area (Å²) in [5, 5.41) is 42.6. The molecule has 4 unspecified atom stereocenters. The maximum atomic E-state index is 11.3. The van der Waals surface area contributed by atoms with Crippen LogP contribution in [0.1, 0.15) is 12.5 Å². The van der Waals surface area contributed by atoms with Crippen LogP contribution in [0.4, 0.5) is 5.69 Å². The SMILES string of the molecule is CC(=O)N[C@@H]1C(Cc2ccc([N+](=O)[O-])cc2)OC(CO)C(O)C1O. The highest BCUT2D eigenvalue weighted by Gasteiger charge is 2.44. The normalized spacial score (nSPS) is 29.9. The first-order valence-corrected chi connectivity index (χ1v) is 7.46. The van der Waals surface area contributed by atoms with Crippen molar-refractivity contribution in [1.82, 2.24) is 5.32 Å². The summed E-state index contributed by atoms with van der Waals surface area (Å²) in [5.41, 5.74) is 0.645. The minimum absolute atomic E-state index is 0.0505. The van der Waals surface area contributed by atoms with Gasteiger partial charge in [0.05, 0.1) is 23.7 Å². The number of nitrogens with zero attached hydrogens (tertiary/aromatic N) is 1. The van der Waals surface area contributed by atoms with Gasteiger partial charge in [-0.3, -0.25) is 14.9 Å². The Balaban J connectivity index is 2.19. The fraction of sp³-hybridized carbons (Fsp3) is 0.533. The summed E-state index contributed by atoms with van der Waals surface area (Å²) in [6, 6.07) is 4.94. The van der Waals surface area contributed by atoms with Gasteiger partial charge in [0.1, 0.15) is 18.3 Å². The first-order valence-electron chi connectivity index (χ1n) is 7.46. The second-order valence-electron chi connectivity index (χ2n) is 5.73. The lowest BCUT2D eigenvalue weighted by atomic mass is 9.89. The van der Waals surface area contributed by atoms with E-state index in [-0.39, 0.29) is 12.1 Å². The maximum Gasteiger partial charge on any atom is 0.269 e. The van der Waals surface area contributed by atoms with Crippen molar-refractivity contribution in [3.63, 3.8) is 0 Å². The van der Waals surface area contributed by atoms with Crippen LogP contribution in [0.2, 0.25) is 0 Å². The number of carbonyl (C=O) groups excluding carboxylic acids is 1. The number of nitrogens with one attached hydrogen (secondary N) is 1. The Morgan fingerprint density at radius 3 is 2.38 bits per heavy atom. The summed E-state index contributed by atoms with van der Waals surface area (Å²) in [6.45, 7) is 0.794. The fourth-order valence-corrected chi connectivity index (χ4v) is 2.77. The van der Waals surface area contributed by atoms with Gasteiger partial charge in [0, 0.05) is 25.5 Å². The van der Waals surface area contributed by atoms with Gasteiger partial charge in [-0.1, -0.05) is 12.1 Å². The highest BCUT2D eigenvalue weighted by Crippen LogP contribution is 2.24. The molecule has 1 aromatic rings. The van der Waals surface area contributed by atoms with Gasteiger partial charge in [-0.2, -0.15) is 0 Å². The molecular formula is C15H20N2O7. The molecule has 1 amide bonds. The number of benzene rings is 1. The predicted molar refractivity (Wildman–Crippen MR) is 82.2 cm³/mol. The predicted octanol–water partition coefficient (Wildman–Crippen LogP) is -0.877. The third-order valence-corrected chi connectivity index (χ3v) is 3.98. The van der Waals surface area contributed by atoms with Crippen LogP contribution in [0.15, 0.2) is 24.3 Å². The van der Waals surface area contributed by atoms with Gasteiger partial charge >= 0.3 is 0 Å². The van der Waals surface area contributed by atoms with E-state index in [0.717, 1.165) is 0 Å². The van der Waals surface area contributed by atoms with E-state index in [9.17, 15) is 30.2 Å². The molecule has 1 aliphatic heterocycles. The zero-order valence-corrected chi connectivity index (χ0v) is 13.0. The van der Waals surface area contributed by atoms with Gasteiger partial charge in [0.25, 0.3) is 5.69 Å². The van der Waals surface area contributed by atoms with Crippen LogP contribution in [-0.4, -0.2) is 63.2 Å². The number of amides is 1. The van der Waals surface area contributed by atoms with Gasteiger partial charge < -0.3 is 25.4 Å². The number of nitro benzene ring substituents is 1. The summed E-state index contributed by atoms with van der Waals surface area (Å²) >= 11 is 0. The van der Waals surface area contributed by atoms with Crippen molar-refractivity contribution in [2.24, 2.45) is 0 Å². The third kappa shape index (κ3) is 4.06. The first-order chi connectivity index (χ1) is 11.3. The molecule has 1 aliphatic rings. The molecule has 0 aromatic heterocycles. The van der Waals surface area contributed by atoms with Crippen LogP contribution in [0.3, 0.4) is 0 Å². The number of rotatable bonds is 5. The van der Waals surface area contributed by atoms with Gasteiger partial charge in [-0.25, -0.2) is 0 Å². The Bertz CT molecular complexity index is 592. The molecule has 0 spiro atoms. The average Bonchev–Trinajstić information content (AvgIpc) is 2.54. The van der Waals surface area contributed by atoms with E-state index in [1.165, 1.54) is 19.1 Å². The molecule has 0 bridgehead atoms.